The lowest BCUT2D eigenvalue weighted by Crippen LogP contribution is -2.25. The van der Waals surface area contributed by atoms with E-state index < -0.39 is 5.97 Å². The minimum atomic E-state index is -0.456. The average molecular weight is 211 g/mol. The maximum Gasteiger partial charge on any atom is 0.358 e. The molecule has 0 aliphatic heterocycles. The quantitative estimate of drug-likeness (QED) is 0.711. The minimum absolute atomic E-state index is 0.249. The fraction of sp³-hybridized carbons (Fsp3) is 0.600. The molecule has 0 fully saturated rings. The average Bonchev–Trinajstić information content (AvgIpc) is 2.42. The number of hydrogen-bond acceptors (Lipinski definition) is 4. The van der Waals surface area contributed by atoms with E-state index in [4.69, 9.17) is 5.73 Å². The summed E-state index contributed by atoms with van der Waals surface area (Å²) in [5.41, 5.74) is 6.57. The number of ether oxygens (including phenoxy) is 1. The number of nitrogen functional groups attached to an aromatic ring is 1. The molecular formula is C10H17N3O2. The second kappa shape index (κ2) is 3.56. The Morgan fingerprint density at radius 1 is 1.47 bits per heavy atom. The van der Waals surface area contributed by atoms with Crippen molar-refractivity contribution < 1.29 is 9.53 Å². The van der Waals surface area contributed by atoms with Crippen LogP contribution in [-0.4, -0.2) is 22.9 Å². The molecule has 0 spiro atoms. The van der Waals surface area contributed by atoms with Gasteiger partial charge in [0.2, 0.25) is 0 Å². The second-order valence-corrected chi connectivity index (χ2v) is 4.43. The molecule has 0 radical (unpaired) electrons. The maximum absolute atomic E-state index is 11.4. The Hall–Kier alpha value is -1.52. The molecule has 0 unspecified atom stereocenters. The van der Waals surface area contributed by atoms with Crippen LogP contribution in [-0.2, 0) is 10.3 Å². The van der Waals surface area contributed by atoms with Crippen molar-refractivity contribution in [2.45, 2.75) is 33.2 Å². The SMILES string of the molecule is COC(=O)c1nn(C(C)(C)C)c(N)c1C. The predicted octanol–water partition coefficient (Wildman–Crippen LogP) is 1.32. The summed E-state index contributed by atoms with van der Waals surface area (Å²) in [6.45, 7) is 7.67. The van der Waals surface area contributed by atoms with Crippen molar-refractivity contribution in [3.8, 4) is 0 Å². The van der Waals surface area contributed by atoms with Crippen molar-refractivity contribution in [1.82, 2.24) is 9.78 Å². The third kappa shape index (κ3) is 1.95. The molecule has 0 amide bonds. The third-order valence-electron chi connectivity index (χ3n) is 2.18. The van der Waals surface area contributed by atoms with Gasteiger partial charge in [-0.1, -0.05) is 0 Å². The highest BCUT2D eigenvalue weighted by Crippen LogP contribution is 2.23. The molecule has 1 aromatic rings. The summed E-state index contributed by atoms with van der Waals surface area (Å²) in [6.07, 6.45) is 0. The number of rotatable bonds is 1. The van der Waals surface area contributed by atoms with E-state index in [1.54, 1.807) is 11.6 Å². The van der Waals surface area contributed by atoms with Gasteiger partial charge in [-0.05, 0) is 27.7 Å². The second-order valence-electron chi connectivity index (χ2n) is 4.43. The van der Waals surface area contributed by atoms with E-state index in [9.17, 15) is 4.79 Å². The van der Waals surface area contributed by atoms with E-state index >= 15 is 0 Å². The molecule has 0 saturated heterocycles. The van der Waals surface area contributed by atoms with Crippen LogP contribution in [0.15, 0.2) is 0 Å². The third-order valence-corrected chi connectivity index (χ3v) is 2.18. The van der Waals surface area contributed by atoms with Crippen molar-refractivity contribution in [3.63, 3.8) is 0 Å². The summed E-state index contributed by atoms with van der Waals surface area (Å²) >= 11 is 0. The zero-order valence-corrected chi connectivity index (χ0v) is 9.79. The summed E-state index contributed by atoms with van der Waals surface area (Å²) in [6, 6.07) is 0. The molecule has 15 heavy (non-hydrogen) atoms. The lowest BCUT2D eigenvalue weighted by atomic mass is 10.1. The first-order chi connectivity index (χ1) is 6.79. The Balaban J connectivity index is 3.31. The van der Waals surface area contributed by atoms with Gasteiger partial charge in [0, 0.05) is 5.56 Å². The normalized spacial score (nSPS) is 11.5. The number of nitrogens with zero attached hydrogens (tertiary/aromatic N) is 2. The zero-order valence-electron chi connectivity index (χ0n) is 9.79. The van der Waals surface area contributed by atoms with Crippen LogP contribution < -0.4 is 5.73 Å². The summed E-state index contributed by atoms with van der Waals surface area (Å²) in [7, 11) is 1.33. The van der Waals surface area contributed by atoms with Crippen molar-refractivity contribution in [2.75, 3.05) is 12.8 Å². The number of carbonyl (C=O) groups excluding carboxylic acids is 1. The topological polar surface area (TPSA) is 70.1 Å². The highest BCUT2D eigenvalue weighted by molar-refractivity contribution is 5.90. The van der Waals surface area contributed by atoms with Gasteiger partial charge in [-0.2, -0.15) is 5.10 Å². The van der Waals surface area contributed by atoms with Crippen molar-refractivity contribution in [1.29, 1.82) is 0 Å². The van der Waals surface area contributed by atoms with Crippen LogP contribution in [0.25, 0.3) is 0 Å². The summed E-state index contributed by atoms with van der Waals surface area (Å²) in [5, 5.41) is 4.17. The number of anilines is 1. The molecule has 0 saturated carbocycles. The molecule has 0 aliphatic rings. The fourth-order valence-electron chi connectivity index (χ4n) is 1.31. The van der Waals surface area contributed by atoms with Crippen LogP contribution in [0.1, 0.15) is 36.8 Å². The highest BCUT2D eigenvalue weighted by Gasteiger charge is 2.24. The zero-order chi connectivity index (χ0) is 11.8. The highest BCUT2D eigenvalue weighted by atomic mass is 16.5. The number of hydrogen-bond donors (Lipinski definition) is 1. The largest absolute Gasteiger partial charge is 0.464 e. The van der Waals surface area contributed by atoms with Gasteiger partial charge in [0.15, 0.2) is 5.69 Å². The van der Waals surface area contributed by atoms with Gasteiger partial charge >= 0.3 is 5.97 Å². The Morgan fingerprint density at radius 2 is 2.00 bits per heavy atom. The number of methoxy groups -OCH3 is 1. The molecule has 5 nitrogen and oxygen atoms in total. The van der Waals surface area contributed by atoms with Gasteiger partial charge < -0.3 is 10.5 Å². The number of nitrogens with two attached hydrogens (primary N) is 1. The molecule has 1 aromatic heterocycles. The van der Waals surface area contributed by atoms with Gasteiger partial charge in [0.05, 0.1) is 12.6 Å². The van der Waals surface area contributed by atoms with E-state index in [1.807, 2.05) is 20.8 Å². The van der Waals surface area contributed by atoms with E-state index in [0.717, 1.165) is 0 Å². The lowest BCUT2D eigenvalue weighted by molar-refractivity contribution is 0.0591. The standard InChI is InChI=1S/C10H17N3O2/c1-6-7(9(14)15-5)12-13(8(6)11)10(2,3)4/h11H2,1-5H3. The fourth-order valence-corrected chi connectivity index (χ4v) is 1.31. The van der Waals surface area contributed by atoms with Gasteiger partial charge in [-0.3, -0.25) is 0 Å². The summed E-state index contributed by atoms with van der Waals surface area (Å²) < 4.78 is 6.26. The van der Waals surface area contributed by atoms with Gasteiger partial charge in [-0.15, -0.1) is 0 Å². The molecule has 0 bridgehead atoms. The Morgan fingerprint density at radius 3 is 2.33 bits per heavy atom. The van der Waals surface area contributed by atoms with Crippen LogP contribution in [0.5, 0.6) is 0 Å². The van der Waals surface area contributed by atoms with Crippen molar-refractivity contribution in [3.05, 3.63) is 11.3 Å². The molecule has 5 heteroatoms. The van der Waals surface area contributed by atoms with Crippen LogP contribution in [0, 0.1) is 6.92 Å². The van der Waals surface area contributed by atoms with Crippen LogP contribution in [0.2, 0.25) is 0 Å². The molecular weight excluding hydrogens is 194 g/mol. The van der Waals surface area contributed by atoms with E-state index in [0.29, 0.717) is 11.4 Å². The molecule has 1 rings (SSSR count). The van der Waals surface area contributed by atoms with E-state index in [2.05, 4.69) is 9.84 Å². The molecule has 1 heterocycles. The summed E-state index contributed by atoms with van der Waals surface area (Å²) in [4.78, 5) is 11.4. The van der Waals surface area contributed by atoms with E-state index in [1.165, 1.54) is 7.11 Å². The molecule has 2 N–H and O–H groups in total. The Labute approximate surface area is 89.2 Å². The first kappa shape index (κ1) is 11.6. The number of esters is 1. The molecule has 0 atom stereocenters. The van der Waals surface area contributed by atoms with Gasteiger partial charge in [0.1, 0.15) is 5.82 Å². The van der Waals surface area contributed by atoms with Gasteiger partial charge in [-0.25, -0.2) is 9.48 Å². The summed E-state index contributed by atoms with van der Waals surface area (Å²) in [5.74, 6) is 0.0464. The van der Waals surface area contributed by atoms with Crippen LogP contribution in [0.4, 0.5) is 5.82 Å². The molecule has 0 aromatic carbocycles. The first-order valence-electron chi connectivity index (χ1n) is 4.73. The monoisotopic (exact) mass is 211 g/mol. The Kier molecular flexibility index (Phi) is 2.75. The number of carbonyl (C=O) groups is 1. The molecule has 84 valence electrons. The van der Waals surface area contributed by atoms with Gasteiger partial charge in [0.25, 0.3) is 0 Å². The van der Waals surface area contributed by atoms with Crippen molar-refractivity contribution >= 4 is 11.8 Å². The van der Waals surface area contributed by atoms with Crippen LogP contribution >= 0.6 is 0 Å². The lowest BCUT2D eigenvalue weighted by Gasteiger charge is -2.20. The van der Waals surface area contributed by atoms with Crippen LogP contribution in [0.3, 0.4) is 0 Å². The predicted molar refractivity (Wildman–Crippen MR) is 57.7 cm³/mol. The smallest absolute Gasteiger partial charge is 0.358 e. The molecule has 0 aliphatic carbocycles. The Bertz CT molecular complexity index is 388. The number of aromatic nitrogens is 2. The maximum atomic E-state index is 11.4. The van der Waals surface area contributed by atoms with Crippen molar-refractivity contribution in [2.24, 2.45) is 0 Å². The minimum Gasteiger partial charge on any atom is -0.464 e. The van der Waals surface area contributed by atoms with E-state index in [-0.39, 0.29) is 11.2 Å². The first-order valence-corrected chi connectivity index (χ1v) is 4.73.